The summed E-state index contributed by atoms with van der Waals surface area (Å²) in [6.07, 6.45) is 1.10. The molecule has 0 aromatic heterocycles. The average Bonchev–Trinajstić information content (AvgIpc) is 2.62. The van der Waals surface area contributed by atoms with Crippen molar-refractivity contribution in [3.05, 3.63) is 35.1 Å². The van der Waals surface area contributed by atoms with Crippen molar-refractivity contribution in [1.29, 1.82) is 0 Å². The van der Waals surface area contributed by atoms with Crippen molar-refractivity contribution in [2.24, 2.45) is 5.92 Å². The molecule has 0 spiro atoms. The smallest absolute Gasteiger partial charge is 0.248 e. The van der Waals surface area contributed by atoms with Crippen LogP contribution in [0.2, 0.25) is 0 Å². The molecule has 0 bridgehead atoms. The molecule has 120 valence electrons. The van der Waals surface area contributed by atoms with Crippen LogP contribution in [0.5, 0.6) is 0 Å². The minimum Gasteiger partial charge on any atom is -0.368 e. The van der Waals surface area contributed by atoms with Crippen molar-refractivity contribution in [2.45, 2.75) is 26.0 Å². The van der Waals surface area contributed by atoms with Gasteiger partial charge in [-0.1, -0.05) is 6.07 Å². The van der Waals surface area contributed by atoms with E-state index in [2.05, 4.69) is 4.90 Å². The number of fused-ring (bicyclic) bond motifs is 1. The molecule has 22 heavy (non-hydrogen) atoms. The first-order valence-electron chi connectivity index (χ1n) is 7.86. The summed E-state index contributed by atoms with van der Waals surface area (Å²) in [6, 6.07) is 4.96. The Hall–Kier alpha value is -1.46. The Morgan fingerprint density at radius 3 is 3.00 bits per heavy atom. The maximum absolute atomic E-state index is 13.4. The second-order valence-electron chi connectivity index (χ2n) is 6.48. The summed E-state index contributed by atoms with van der Waals surface area (Å²) in [5.41, 5.74) is 2.16. The summed E-state index contributed by atoms with van der Waals surface area (Å²) >= 11 is 0. The van der Waals surface area contributed by atoms with Crippen molar-refractivity contribution in [1.82, 2.24) is 9.80 Å². The van der Waals surface area contributed by atoms with Gasteiger partial charge in [-0.05, 0) is 36.6 Å². The first-order chi connectivity index (χ1) is 10.5. The van der Waals surface area contributed by atoms with E-state index in [1.807, 2.05) is 20.0 Å². The largest absolute Gasteiger partial charge is 0.368 e. The number of nitrogens with zero attached hydrogens (tertiary/aromatic N) is 2. The highest BCUT2D eigenvalue weighted by molar-refractivity contribution is 5.77. The van der Waals surface area contributed by atoms with Gasteiger partial charge in [0.1, 0.15) is 12.4 Å². The molecule has 2 saturated heterocycles. The summed E-state index contributed by atoms with van der Waals surface area (Å²) in [6.45, 7) is 5.52. The lowest BCUT2D eigenvalue weighted by Crippen LogP contribution is -2.46. The summed E-state index contributed by atoms with van der Waals surface area (Å²) in [7, 11) is 1.84. The first-order valence-corrected chi connectivity index (χ1v) is 7.86. The number of carbonyl (C=O) groups excluding carboxylic acids is 1. The van der Waals surface area contributed by atoms with Gasteiger partial charge in [0, 0.05) is 39.1 Å². The molecule has 1 amide bonds. The zero-order chi connectivity index (χ0) is 15.7. The van der Waals surface area contributed by atoms with E-state index in [4.69, 9.17) is 4.74 Å². The molecule has 2 aliphatic heterocycles. The van der Waals surface area contributed by atoms with Crippen molar-refractivity contribution < 1.29 is 13.9 Å². The van der Waals surface area contributed by atoms with Crippen molar-refractivity contribution in [3.63, 3.8) is 0 Å². The van der Waals surface area contributed by atoms with Gasteiger partial charge in [-0.15, -0.1) is 0 Å². The Labute approximate surface area is 130 Å². The fourth-order valence-electron chi connectivity index (χ4n) is 3.42. The molecule has 0 unspecified atom stereocenters. The minimum atomic E-state index is -0.182. The van der Waals surface area contributed by atoms with Crippen LogP contribution in [-0.2, 0) is 16.1 Å². The fraction of sp³-hybridized carbons (Fsp3) is 0.588. The van der Waals surface area contributed by atoms with Gasteiger partial charge in [-0.25, -0.2) is 4.39 Å². The quantitative estimate of drug-likeness (QED) is 0.835. The number of likely N-dealkylation sites (N-methyl/N-ethyl adjacent to an activating group) is 1. The van der Waals surface area contributed by atoms with E-state index in [0.717, 1.165) is 43.7 Å². The molecule has 0 N–H and O–H groups in total. The third kappa shape index (κ3) is 3.31. The number of carbonyl (C=O) groups is 1. The third-order valence-corrected chi connectivity index (χ3v) is 4.81. The molecule has 0 aliphatic carbocycles. The van der Waals surface area contributed by atoms with Crippen LogP contribution in [0.1, 0.15) is 17.5 Å². The molecule has 3 rings (SSSR count). The maximum Gasteiger partial charge on any atom is 0.248 e. The van der Waals surface area contributed by atoms with Gasteiger partial charge in [-0.2, -0.15) is 0 Å². The second kappa shape index (κ2) is 6.34. The monoisotopic (exact) mass is 306 g/mol. The van der Waals surface area contributed by atoms with Crippen LogP contribution in [0.15, 0.2) is 18.2 Å². The number of rotatable bonds is 2. The van der Waals surface area contributed by atoms with Crippen LogP contribution in [0.4, 0.5) is 4.39 Å². The van der Waals surface area contributed by atoms with Crippen molar-refractivity contribution in [2.75, 3.05) is 33.3 Å². The SMILES string of the molecule is Cc1ccc(F)cc1CN1CC[C@@H]2OCC(=O)N(C)C[C@H]2C1. The number of hydrogen-bond donors (Lipinski definition) is 0. The van der Waals surface area contributed by atoms with Crippen LogP contribution in [0, 0.1) is 18.7 Å². The van der Waals surface area contributed by atoms with Crippen LogP contribution >= 0.6 is 0 Å². The molecule has 2 aliphatic rings. The predicted octanol–water partition coefficient (Wildman–Crippen LogP) is 1.81. The standard InChI is InChI=1S/C17H23FN2O2/c1-12-3-4-15(18)7-13(12)9-20-6-5-16-14(10-20)8-19(2)17(21)11-22-16/h3-4,7,14,16H,5-6,8-11H2,1-2H3/t14-,16-/m0/s1. The van der Waals surface area contributed by atoms with E-state index >= 15 is 0 Å². The summed E-state index contributed by atoms with van der Waals surface area (Å²) in [4.78, 5) is 15.9. The molecule has 2 heterocycles. The average molecular weight is 306 g/mol. The lowest BCUT2D eigenvalue weighted by molar-refractivity contribution is -0.133. The Balaban J connectivity index is 1.68. The Kier molecular flexibility index (Phi) is 4.45. The topological polar surface area (TPSA) is 32.8 Å². The van der Waals surface area contributed by atoms with E-state index in [9.17, 15) is 9.18 Å². The van der Waals surface area contributed by atoms with Gasteiger partial charge in [0.25, 0.3) is 0 Å². The summed E-state index contributed by atoms with van der Waals surface area (Å²) in [5.74, 6) is 0.208. The first kappa shape index (κ1) is 15.4. The van der Waals surface area contributed by atoms with E-state index in [1.165, 1.54) is 6.07 Å². The van der Waals surface area contributed by atoms with Gasteiger partial charge in [0.2, 0.25) is 5.91 Å². The minimum absolute atomic E-state index is 0.0573. The number of benzene rings is 1. The number of amides is 1. The third-order valence-electron chi connectivity index (χ3n) is 4.81. The zero-order valence-corrected chi connectivity index (χ0v) is 13.2. The molecule has 5 heteroatoms. The van der Waals surface area contributed by atoms with Gasteiger partial charge >= 0.3 is 0 Å². The van der Waals surface area contributed by atoms with Gasteiger partial charge in [-0.3, -0.25) is 9.69 Å². The normalized spacial score (nSPS) is 26.7. The van der Waals surface area contributed by atoms with E-state index in [1.54, 1.807) is 11.0 Å². The van der Waals surface area contributed by atoms with E-state index in [-0.39, 0.29) is 24.4 Å². The fourth-order valence-corrected chi connectivity index (χ4v) is 3.42. The van der Waals surface area contributed by atoms with Crippen molar-refractivity contribution in [3.8, 4) is 0 Å². The number of ether oxygens (including phenoxy) is 1. The summed E-state index contributed by atoms with van der Waals surface area (Å²) < 4.78 is 19.2. The highest BCUT2D eigenvalue weighted by atomic mass is 19.1. The lowest BCUT2D eigenvalue weighted by atomic mass is 9.93. The highest BCUT2D eigenvalue weighted by Crippen LogP contribution is 2.25. The van der Waals surface area contributed by atoms with Crippen LogP contribution in [-0.4, -0.2) is 55.1 Å². The number of piperidine rings is 1. The van der Waals surface area contributed by atoms with Gasteiger partial charge in [0.15, 0.2) is 0 Å². The van der Waals surface area contributed by atoms with Gasteiger partial charge in [0.05, 0.1) is 6.10 Å². The molecular weight excluding hydrogens is 283 g/mol. The number of likely N-dealkylation sites (tertiary alicyclic amines) is 1. The molecule has 0 saturated carbocycles. The highest BCUT2D eigenvalue weighted by Gasteiger charge is 2.34. The number of aryl methyl sites for hydroxylation is 1. The predicted molar refractivity (Wildman–Crippen MR) is 81.9 cm³/mol. The van der Waals surface area contributed by atoms with E-state index < -0.39 is 0 Å². The molecule has 1 aromatic carbocycles. The zero-order valence-electron chi connectivity index (χ0n) is 13.2. The molecule has 1 aromatic rings. The molecule has 2 fully saturated rings. The lowest BCUT2D eigenvalue weighted by Gasteiger charge is -2.38. The number of hydrogen-bond acceptors (Lipinski definition) is 3. The van der Waals surface area contributed by atoms with Crippen LogP contribution in [0.25, 0.3) is 0 Å². The second-order valence-corrected chi connectivity index (χ2v) is 6.48. The Bertz CT molecular complexity index is 564. The number of halogens is 1. The Morgan fingerprint density at radius 2 is 2.18 bits per heavy atom. The van der Waals surface area contributed by atoms with Gasteiger partial charge < -0.3 is 9.64 Å². The molecule has 0 radical (unpaired) electrons. The van der Waals surface area contributed by atoms with Crippen LogP contribution < -0.4 is 0 Å². The van der Waals surface area contributed by atoms with Crippen LogP contribution in [0.3, 0.4) is 0 Å². The molecular formula is C17H23FN2O2. The van der Waals surface area contributed by atoms with E-state index in [0.29, 0.717) is 5.92 Å². The Morgan fingerprint density at radius 1 is 1.36 bits per heavy atom. The summed E-state index contributed by atoms with van der Waals surface area (Å²) in [5, 5.41) is 0. The van der Waals surface area contributed by atoms with Crippen molar-refractivity contribution >= 4 is 5.91 Å². The molecule has 4 nitrogen and oxygen atoms in total. The molecule has 2 atom stereocenters. The maximum atomic E-state index is 13.4.